The van der Waals surface area contributed by atoms with E-state index in [0.29, 0.717) is 6.61 Å². The molecule has 1 N–H and O–H groups in total. The highest BCUT2D eigenvalue weighted by Crippen LogP contribution is 2.27. The third-order valence-electron chi connectivity index (χ3n) is 5.14. The molecule has 1 aliphatic heterocycles. The van der Waals surface area contributed by atoms with Crippen LogP contribution in [-0.2, 0) is 11.3 Å². The second-order valence-electron chi connectivity index (χ2n) is 7.31. The van der Waals surface area contributed by atoms with Crippen LogP contribution in [0.4, 0.5) is 10.1 Å². The van der Waals surface area contributed by atoms with Crippen molar-refractivity contribution in [2.24, 2.45) is 0 Å². The molecule has 1 aliphatic rings. The molecule has 1 atom stereocenters. The lowest BCUT2D eigenvalue weighted by molar-refractivity contribution is -0.0156. The third kappa shape index (κ3) is 4.08. The predicted octanol–water partition coefficient (Wildman–Crippen LogP) is 3.86. The maximum Gasteiger partial charge on any atom is 0.126 e. The molecule has 0 radical (unpaired) electrons. The Morgan fingerprint density at radius 1 is 1.14 bits per heavy atom. The first kappa shape index (κ1) is 18.7. The first-order chi connectivity index (χ1) is 13.6. The van der Waals surface area contributed by atoms with Gasteiger partial charge in [-0.3, -0.25) is 4.90 Å². The highest BCUT2D eigenvalue weighted by atomic mass is 19.1. The summed E-state index contributed by atoms with van der Waals surface area (Å²) in [6.45, 7) is 3.02. The van der Waals surface area contributed by atoms with Gasteiger partial charge in [-0.15, -0.1) is 0 Å². The molecule has 5 nitrogen and oxygen atoms in total. The maximum absolute atomic E-state index is 13.2. The van der Waals surface area contributed by atoms with Gasteiger partial charge in [0.15, 0.2) is 0 Å². The summed E-state index contributed by atoms with van der Waals surface area (Å²) in [4.78, 5) is 12.5. The van der Waals surface area contributed by atoms with E-state index in [4.69, 9.17) is 4.74 Å². The first-order valence-corrected chi connectivity index (χ1v) is 9.49. The quantitative estimate of drug-likeness (QED) is 0.730. The van der Waals surface area contributed by atoms with Gasteiger partial charge in [-0.1, -0.05) is 12.1 Å². The van der Waals surface area contributed by atoms with E-state index in [9.17, 15) is 4.39 Å². The molecule has 1 aromatic heterocycles. The smallest absolute Gasteiger partial charge is 0.126 e. The van der Waals surface area contributed by atoms with Gasteiger partial charge >= 0.3 is 0 Å². The van der Waals surface area contributed by atoms with Gasteiger partial charge in [0.25, 0.3) is 0 Å². The zero-order chi connectivity index (χ0) is 19.5. The van der Waals surface area contributed by atoms with Gasteiger partial charge in [0.1, 0.15) is 11.6 Å². The van der Waals surface area contributed by atoms with Crippen molar-refractivity contribution >= 4 is 5.69 Å². The second-order valence-corrected chi connectivity index (χ2v) is 7.31. The summed E-state index contributed by atoms with van der Waals surface area (Å²) in [5.74, 6) is 0.638. The summed E-state index contributed by atoms with van der Waals surface area (Å²) in [6.07, 6.45) is 1.81. The number of morpholine rings is 1. The van der Waals surface area contributed by atoms with Crippen LogP contribution in [0.3, 0.4) is 0 Å². The lowest BCUT2D eigenvalue weighted by atomic mass is 10.1. The number of hydrogen-bond donors (Lipinski definition) is 1. The first-order valence-electron chi connectivity index (χ1n) is 9.49. The number of rotatable bonds is 5. The van der Waals surface area contributed by atoms with Crippen LogP contribution in [0.15, 0.2) is 54.7 Å². The summed E-state index contributed by atoms with van der Waals surface area (Å²) in [6, 6.07) is 15.1. The van der Waals surface area contributed by atoms with E-state index in [1.807, 2.05) is 14.1 Å². The van der Waals surface area contributed by atoms with Gasteiger partial charge in [-0.25, -0.2) is 9.37 Å². The van der Waals surface area contributed by atoms with Crippen molar-refractivity contribution in [1.82, 2.24) is 14.9 Å². The summed E-state index contributed by atoms with van der Waals surface area (Å²) >= 11 is 0. The molecule has 0 spiro atoms. The Balaban J connectivity index is 1.51. The number of nitrogens with one attached hydrogen (secondary N) is 1. The van der Waals surface area contributed by atoms with E-state index < -0.39 is 0 Å². The van der Waals surface area contributed by atoms with Crippen LogP contribution in [0, 0.1) is 5.82 Å². The van der Waals surface area contributed by atoms with Crippen molar-refractivity contribution in [3.05, 3.63) is 71.9 Å². The number of H-pyrrole nitrogens is 1. The Morgan fingerprint density at radius 3 is 2.61 bits per heavy atom. The van der Waals surface area contributed by atoms with E-state index in [2.05, 4.69) is 44.0 Å². The van der Waals surface area contributed by atoms with Gasteiger partial charge in [0.2, 0.25) is 0 Å². The molecule has 4 rings (SSSR count). The number of halogens is 1. The normalized spacial score (nSPS) is 17.6. The molecule has 1 saturated heterocycles. The summed E-state index contributed by atoms with van der Waals surface area (Å²) in [5.41, 5.74) is 4.26. The molecule has 2 heterocycles. The highest BCUT2D eigenvalue weighted by molar-refractivity contribution is 5.58. The molecular weight excluding hydrogens is 355 g/mol. The largest absolute Gasteiger partial charge is 0.378 e. The van der Waals surface area contributed by atoms with Gasteiger partial charge in [-0.05, 0) is 47.5 Å². The standard InChI is InChI=1S/C22H25FN4O/c1-26(2)19-9-3-16(4-10-19)14-27-11-12-28-15-21(27)22-24-13-20(25-22)17-5-7-18(23)8-6-17/h3-10,13,21H,11-12,14-15H2,1-2H3,(H,24,25). The molecule has 1 fully saturated rings. The minimum Gasteiger partial charge on any atom is -0.378 e. The lowest BCUT2D eigenvalue weighted by Crippen LogP contribution is -2.39. The molecule has 146 valence electrons. The molecule has 3 aromatic rings. The van der Waals surface area contributed by atoms with E-state index in [0.717, 1.165) is 36.8 Å². The van der Waals surface area contributed by atoms with Crippen LogP contribution in [0.5, 0.6) is 0 Å². The summed E-state index contributed by atoms with van der Waals surface area (Å²) in [5, 5.41) is 0. The fourth-order valence-corrected chi connectivity index (χ4v) is 3.50. The molecule has 28 heavy (non-hydrogen) atoms. The number of nitrogens with zero attached hydrogens (tertiary/aromatic N) is 3. The fourth-order valence-electron chi connectivity index (χ4n) is 3.50. The summed E-state index contributed by atoms with van der Waals surface area (Å²) in [7, 11) is 4.09. The van der Waals surface area contributed by atoms with Crippen molar-refractivity contribution in [3.63, 3.8) is 0 Å². The Bertz CT molecular complexity index is 905. The van der Waals surface area contributed by atoms with Gasteiger partial charge < -0.3 is 14.6 Å². The van der Waals surface area contributed by atoms with Crippen LogP contribution < -0.4 is 4.90 Å². The number of anilines is 1. The monoisotopic (exact) mass is 380 g/mol. The Morgan fingerprint density at radius 2 is 1.89 bits per heavy atom. The molecule has 0 saturated carbocycles. The van der Waals surface area contributed by atoms with Gasteiger partial charge in [-0.2, -0.15) is 0 Å². The maximum atomic E-state index is 13.2. The van der Waals surface area contributed by atoms with Crippen molar-refractivity contribution in [1.29, 1.82) is 0 Å². The third-order valence-corrected chi connectivity index (χ3v) is 5.14. The molecule has 6 heteroatoms. The Hall–Kier alpha value is -2.70. The fraction of sp³-hybridized carbons (Fsp3) is 0.318. The van der Waals surface area contributed by atoms with Gasteiger partial charge in [0.05, 0.1) is 31.1 Å². The average molecular weight is 380 g/mol. The van der Waals surface area contributed by atoms with Crippen molar-refractivity contribution in [2.45, 2.75) is 12.6 Å². The molecule has 0 amide bonds. The number of aromatic amines is 1. The van der Waals surface area contributed by atoms with Crippen LogP contribution in [0.25, 0.3) is 11.3 Å². The van der Waals surface area contributed by atoms with Crippen molar-refractivity contribution in [3.8, 4) is 11.3 Å². The van der Waals surface area contributed by atoms with Crippen molar-refractivity contribution < 1.29 is 9.13 Å². The Labute approximate surface area is 164 Å². The molecule has 2 aromatic carbocycles. The number of hydrogen-bond acceptors (Lipinski definition) is 4. The van der Waals surface area contributed by atoms with E-state index in [1.54, 1.807) is 18.3 Å². The molecule has 1 unspecified atom stereocenters. The van der Waals surface area contributed by atoms with E-state index >= 15 is 0 Å². The van der Waals surface area contributed by atoms with E-state index in [1.165, 1.54) is 23.4 Å². The SMILES string of the molecule is CN(C)c1ccc(CN2CCOCC2c2ncc(-c3ccc(F)cc3)[nH]2)cc1. The van der Waals surface area contributed by atoms with Crippen molar-refractivity contribution in [2.75, 3.05) is 38.8 Å². The number of ether oxygens (including phenoxy) is 1. The minimum absolute atomic E-state index is 0.0662. The van der Waals surface area contributed by atoms with Gasteiger partial charge in [0, 0.05) is 32.9 Å². The predicted molar refractivity (Wildman–Crippen MR) is 109 cm³/mol. The zero-order valence-corrected chi connectivity index (χ0v) is 16.2. The van der Waals surface area contributed by atoms with E-state index in [-0.39, 0.29) is 11.9 Å². The summed E-state index contributed by atoms with van der Waals surface area (Å²) < 4.78 is 18.9. The topological polar surface area (TPSA) is 44.4 Å². The minimum atomic E-state index is -0.240. The average Bonchev–Trinajstić information content (AvgIpc) is 3.19. The van der Waals surface area contributed by atoms with Crippen LogP contribution in [-0.4, -0.2) is 48.7 Å². The second kappa shape index (κ2) is 8.12. The number of aromatic nitrogens is 2. The number of imidazole rings is 1. The lowest BCUT2D eigenvalue weighted by Gasteiger charge is -2.34. The van der Waals surface area contributed by atoms with Crippen LogP contribution >= 0.6 is 0 Å². The van der Waals surface area contributed by atoms with Crippen LogP contribution in [0.2, 0.25) is 0 Å². The zero-order valence-electron chi connectivity index (χ0n) is 16.2. The molecule has 0 bridgehead atoms. The number of benzene rings is 2. The van der Waals surface area contributed by atoms with Crippen LogP contribution in [0.1, 0.15) is 17.4 Å². The highest BCUT2D eigenvalue weighted by Gasteiger charge is 2.27. The Kier molecular flexibility index (Phi) is 5.41. The molecular formula is C22H25FN4O. The molecule has 0 aliphatic carbocycles.